The average molecular weight is 280 g/mol. The Labute approximate surface area is 111 Å². The van der Waals surface area contributed by atoms with Crippen LogP contribution in [0.1, 0.15) is 11.1 Å². The number of anilines is 1. The molecule has 0 spiro atoms. The van der Waals surface area contributed by atoms with E-state index in [0.717, 1.165) is 23.4 Å². The number of nitrogens with one attached hydrogen (secondary N) is 1. The van der Waals surface area contributed by atoms with Gasteiger partial charge in [-0.3, -0.25) is 4.72 Å². The lowest BCUT2D eigenvalue weighted by atomic mass is 10.2. The Hall–Kier alpha value is -1.95. The van der Waals surface area contributed by atoms with Gasteiger partial charge < -0.3 is 0 Å². The van der Waals surface area contributed by atoms with E-state index in [1.165, 1.54) is 6.07 Å². The number of rotatable bonds is 3. The highest BCUT2D eigenvalue weighted by Gasteiger charge is 2.15. The van der Waals surface area contributed by atoms with Gasteiger partial charge in [-0.05, 0) is 49.2 Å². The first-order chi connectivity index (χ1) is 8.87. The quantitative estimate of drug-likeness (QED) is 0.879. The van der Waals surface area contributed by atoms with E-state index in [1.54, 1.807) is 12.1 Å². The van der Waals surface area contributed by atoms with Crippen LogP contribution < -0.4 is 4.72 Å². The van der Waals surface area contributed by atoms with Gasteiger partial charge in [-0.2, -0.15) is 4.39 Å². The maximum Gasteiger partial charge on any atom is 0.261 e. The van der Waals surface area contributed by atoms with Crippen LogP contribution in [0.15, 0.2) is 41.4 Å². The summed E-state index contributed by atoms with van der Waals surface area (Å²) in [5.41, 5.74) is 1.94. The van der Waals surface area contributed by atoms with Crippen molar-refractivity contribution < 1.29 is 12.8 Å². The summed E-state index contributed by atoms with van der Waals surface area (Å²) in [6.45, 7) is 3.65. The predicted molar refractivity (Wildman–Crippen MR) is 70.9 cm³/mol. The molecule has 0 saturated heterocycles. The molecule has 1 aromatic carbocycles. The number of nitrogens with zero attached hydrogens (tertiary/aromatic N) is 1. The first-order valence-corrected chi connectivity index (χ1v) is 7.08. The molecule has 0 saturated carbocycles. The third-order valence-electron chi connectivity index (χ3n) is 2.49. The van der Waals surface area contributed by atoms with Crippen LogP contribution in [0.25, 0.3) is 0 Å². The van der Waals surface area contributed by atoms with Crippen LogP contribution in [-0.4, -0.2) is 13.4 Å². The lowest BCUT2D eigenvalue weighted by molar-refractivity contribution is 0.583. The van der Waals surface area contributed by atoms with Crippen LogP contribution in [0.5, 0.6) is 0 Å². The van der Waals surface area contributed by atoms with Gasteiger partial charge in [0, 0.05) is 0 Å². The molecule has 19 heavy (non-hydrogen) atoms. The largest absolute Gasteiger partial charge is 0.278 e. The van der Waals surface area contributed by atoms with Crippen molar-refractivity contribution in [2.24, 2.45) is 0 Å². The molecule has 0 amide bonds. The molecular formula is C13H13FN2O2S. The number of benzene rings is 1. The van der Waals surface area contributed by atoms with Gasteiger partial charge in [0.2, 0.25) is 5.95 Å². The number of aromatic nitrogens is 1. The molecule has 6 heteroatoms. The highest BCUT2D eigenvalue weighted by molar-refractivity contribution is 7.92. The Kier molecular flexibility index (Phi) is 3.53. The third kappa shape index (κ3) is 3.29. The van der Waals surface area contributed by atoms with Crippen LogP contribution in [0, 0.1) is 19.8 Å². The van der Waals surface area contributed by atoms with Gasteiger partial charge in [-0.25, -0.2) is 13.4 Å². The van der Waals surface area contributed by atoms with Crippen LogP contribution in [0.2, 0.25) is 0 Å². The van der Waals surface area contributed by atoms with Crippen molar-refractivity contribution in [3.05, 3.63) is 53.6 Å². The first kappa shape index (κ1) is 13.5. The maximum atomic E-state index is 12.7. The number of hydrogen-bond acceptors (Lipinski definition) is 3. The number of aryl methyl sites for hydroxylation is 2. The topological polar surface area (TPSA) is 59.1 Å². The Morgan fingerprint density at radius 1 is 1.11 bits per heavy atom. The van der Waals surface area contributed by atoms with Gasteiger partial charge in [0.25, 0.3) is 10.0 Å². The monoisotopic (exact) mass is 280 g/mol. The smallest absolute Gasteiger partial charge is 0.261 e. The van der Waals surface area contributed by atoms with Crippen LogP contribution >= 0.6 is 0 Å². The predicted octanol–water partition coefficient (Wildman–Crippen LogP) is 2.64. The summed E-state index contributed by atoms with van der Waals surface area (Å²) in [6, 6.07) is 7.46. The zero-order valence-electron chi connectivity index (χ0n) is 10.5. The van der Waals surface area contributed by atoms with E-state index in [4.69, 9.17) is 0 Å². The third-order valence-corrected chi connectivity index (χ3v) is 3.85. The molecule has 0 unspecified atom stereocenters. The fourth-order valence-electron chi connectivity index (χ4n) is 1.74. The van der Waals surface area contributed by atoms with Crippen molar-refractivity contribution in [2.45, 2.75) is 18.7 Å². The second-order valence-electron chi connectivity index (χ2n) is 4.30. The van der Waals surface area contributed by atoms with Gasteiger partial charge in [0.05, 0.1) is 16.8 Å². The first-order valence-electron chi connectivity index (χ1n) is 5.59. The van der Waals surface area contributed by atoms with E-state index >= 15 is 0 Å². The van der Waals surface area contributed by atoms with Crippen molar-refractivity contribution in [3.63, 3.8) is 0 Å². The Bertz CT molecular complexity index is 677. The summed E-state index contributed by atoms with van der Waals surface area (Å²) in [7, 11) is -3.68. The molecule has 1 N–H and O–H groups in total. The molecule has 0 aliphatic carbocycles. The minimum Gasteiger partial charge on any atom is -0.278 e. The molecule has 1 heterocycles. The number of hydrogen-bond donors (Lipinski definition) is 1. The summed E-state index contributed by atoms with van der Waals surface area (Å²) in [4.78, 5) is 3.57. The molecule has 0 aliphatic rings. The van der Waals surface area contributed by atoms with Crippen LogP contribution in [0.4, 0.5) is 10.1 Å². The van der Waals surface area contributed by atoms with Crippen LogP contribution in [0.3, 0.4) is 0 Å². The fourth-order valence-corrected chi connectivity index (χ4v) is 2.97. The summed E-state index contributed by atoms with van der Waals surface area (Å²) in [5, 5.41) is 0. The molecule has 100 valence electrons. The summed E-state index contributed by atoms with van der Waals surface area (Å²) < 4.78 is 39.3. The van der Waals surface area contributed by atoms with Gasteiger partial charge in [-0.15, -0.1) is 0 Å². The molecule has 1 aromatic heterocycles. The zero-order valence-corrected chi connectivity index (χ0v) is 11.3. The van der Waals surface area contributed by atoms with E-state index < -0.39 is 16.0 Å². The molecule has 0 atom stereocenters. The number of sulfonamides is 1. The van der Waals surface area contributed by atoms with Crippen molar-refractivity contribution >= 4 is 15.7 Å². The van der Waals surface area contributed by atoms with Gasteiger partial charge in [0.1, 0.15) is 0 Å². The Morgan fingerprint density at radius 2 is 1.74 bits per heavy atom. The lowest BCUT2D eigenvalue weighted by Crippen LogP contribution is -2.13. The standard InChI is InChI=1S/C13H13FN2O2S/c1-9-5-10(2)7-12(6-9)19(17,18)16-11-3-4-13(14)15-8-11/h3-8,16H,1-2H3. The second kappa shape index (κ2) is 4.97. The average Bonchev–Trinajstić information content (AvgIpc) is 2.31. The van der Waals surface area contributed by atoms with E-state index in [2.05, 4.69) is 9.71 Å². The van der Waals surface area contributed by atoms with Gasteiger partial charge in [-0.1, -0.05) is 6.07 Å². The van der Waals surface area contributed by atoms with Crippen molar-refractivity contribution in [2.75, 3.05) is 4.72 Å². The molecule has 2 aromatic rings. The van der Waals surface area contributed by atoms with Gasteiger partial charge in [0.15, 0.2) is 0 Å². The van der Waals surface area contributed by atoms with Crippen molar-refractivity contribution in [1.29, 1.82) is 0 Å². The summed E-state index contributed by atoms with van der Waals surface area (Å²) in [6.07, 6.45) is 1.13. The van der Waals surface area contributed by atoms with Crippen LogP contribution in [-0.2, 0) is 10.0 Å². The maximum absolute atomic E-state index is 12.7. The normalized spacial score (nSPS) is 11.3. The molecule has 2 rings (SSSR count). The van der Waals surface area contributed by atoms with Crippen molar-refractivity contribution in [3.8, 4) is 0 Å². The molecule has 0 radical (unpaired) electrons. The number of pyridine rings is 1. The SMILES string of the molecule is Cc1cc(C)cc(S(=O)(=O)Nc2ccc(F)nc2)c1. The second-order valence-corrected chi connectivity index (χ2v) is 5.98. The highest BCUT2D eigenvalue weighted by atomic mass is 32.2. The van der Waals surface area contributed by atoms with Gasteiger partial charge >= 0.3 is 0 Å². The Balaban J connectivity index is 2.34. The number of halogens is 1. The molecule has 0 fully saturated rings. The molecule has 0 bridgehead atoms. The van der Waals surface area contributed by atoms with E-state index in [9.17, 15) is 12.8 Å². The minimum absolute atomic E-state index is 0.175. The van der Waals surface area contributed by atoms with E-state index in [0.29, 0.717) is 0 Å². The molecule has 0 aliphatic heterocycles. The summed E-state index contributed by atoms with van der Waals surface area (Å²) in [5.74, 6) is -0.658. The minimum atomic E-state index is -3.68. The highest BCUT2D eigenvalue weighted by Crippen LogP contribution is 2.18. The summed E-state index contributed by atoms with van der Waals surface area (Å²) >= 11 is 0. The zero-order chi connectivity index (χ0) is 14.0. The van der Waals surface area contributed by atoms with E-state index in [1.807, 2.05) is 19.9 Å². The fraction of sp³-hybridized carbons (Fsp3) is 0.154. The van der Waals surface area contributed by atoms with E-state index in [-0.39, 0.29) is 10.6 Å². The molecule has 4 nitrogen and oxygen atoms in total. The lowest BCUT2D eigenvalue weighted by Gasteiger charge is -2.09. The Morgan fingerprint density at radius 3 is 2.26 bits per heavy atom. The van der Waals surface area contributed by atoms with Crippen molar-refractivity contribution in [1.82, 2.24) is 4.98 Å². The molecular weight excluding hydrogens is 267 g/mol.